The molecular formula is C11H9BrN2O2. The molecule has 0 saturated carbocycles. The molecule has 4 nitrogen and oxygen atoms in total. The van der Waals surface area contributed by atoms with Crippen LogP contribution in [0.15, 0.2) is 41.1 Å². The summed E-state index contributed by atoms with van der Waals surface area (Å²) in [4.78, 5) is 11.6. The van der Waals surface area contributed by atoms with Gasteiger partial charge in [0.05, 0.1) is 18.4 Å². The van der Waals surface area contributed by atoms with Crippen molar-refractivity contribution in [3.63, 3.8) is 0 Å². The minimum atomic E-state index is -0.383. The fourth-order valence-electron chi connectivity index (χ4n) is 1.39. The molecule has 1 aromatic heterocycles. The second-order valence-electron chi connectivity index (χ2n) is 3.10. The molecule has 2 rings (SSSR count). The largest absolute Gasteiger partial charge is 0.465 e. The van der Waals surface area contributed by atoms with E-state index < -0.39 is 0 Å². The number of benzene rings is 1. The molecule has 0 aliphatic carbocycles. The van der Waals surface area contributed by atoms with E-state index in [4.69, 9.17) is 4.74 Å². The van der Waals surface area contributed by atoms with Crippen LogP contribution < -0.4 is 0 Å². The van der Waals surface area contributed by atoms with E-state index in [1.807, 2.05) is 12.1 Å². The normalized spacial score (nSPS) is 10.1. The zero-order valence-electron chi connectivity index (χ0n) is 8.55. The number of carbonyl (C=O) groups excluding carboxylic acids is 1. The molecule has 0 aliphatic rings. The number of carbonyl (C=O) groups is 1. The van der Waals surface area contributed by atoms with Gasteiger partial charge in [0.1, 0.15) is 0 Å². The van der Waals surface area contributed by atoms with Gasteiger partial charge in [-0.25, -0.2) is 9.48 Å². The monoisotopic (exact) mass is 280 g/mol. The van der Waals surface area contributed by atoms with Gasteiger partial charge in [-0.05, 0) is 24.3 Å². The van der Waals surface area contributed by atoms with Crippen LogP contribution in [0.4, 0.5) is 0 Å². The van der Waals surface area contributed by atoms with Crippen LogP contribution in [-0.4, -0.2) is 22.9 Å². The summed E-state index contributed by atoms with van der Waals surface area (Å²) < 4.78 is 7.18. The summed E-state index contributed by atoms with van der Waals surface area (Å²) in [5.41, 5.74) is 1.17. The van der Waals surface area contributed by atoms with Crippen LogP contribution in [0.5, 0.6) is 0 Å². The highest BCUT2D eigenvalue weighted by Crippen LogP contribution is 2.20. The minimum Gasteiger partial charge on any atom is -0.465 e. The fourth-order valence-corrected chi connectivity index (χ4v) is 1.75. The standard InChI is InChI=1S/C11H9BrN2O2/c1-16-11(15)9-7-8(12)3-4-10(9)14-6-2-5-13-14/h2-7H,1H3. The first kappa shape index (κ1) is 10.9. The molecule has 0 saturated heterocycles. The van der Waals surface area contributed by atoms with Crippen molar-refractivity contribution in [2.45, 2.75) is 0 Å². The van der Waals surface area contributed by atoms with Crippen LogP contribution in [0.2, 0.25) is 0 Å². The summed E-state index contributed by atoms with van der Waals surface area (Å²) in [6, 6.07) is 7.17. The highest BCUT2D eigenvalue weighted by Gasteiger charge is 2.13. The lowest BCUT2D eigenvalue weighted by molar-refractivity contribution is 0.0600. The fraction of sp³-hybridized carbons (Fsp3) is 0.0909. The highest BCUT2D eigenvalue weighted by atomic mass is 79.9. The van der Waals surface area contributed by atoms with Crippen molar-refractivity contribution in [1.29, 1.82) is 0 Å². The Kier molecular flexibility index (Phi) is 3.05. The van der Waals surface area contributed by atoms with Gasteiger partial charge in [0, 0.05) is 16.9 Å². The van der Waals surface area contributed by atoms with Crippen molar-refractivity contribution in [2.75, 3.05) is 7.11 Å². The third-order valence-electron chi connectivity index (χ3n) is 2.12. The van der Waals surface area contributed by atoms with Crippen LogP contribution in [0, 0.1) is 0 Å². The van der Waals surface area contributed by atoms with E-state index in [1.165, 1.54) is 7.11 Å². The molecule has 1 aromatic carbocycles. The zero-order valence-corrected chi connectivity index (χ0v) is 10.1. The first-order chi connectivity index (χ1) is 7.72. The molecule has 0 amide bonds. The number of hydrogen-bond donors (Lipinski definition) is 0. The summed E-state index contributed by atoms with van der Waals surface area (Å²) in [7, 11) is 1.36. The summed E-state index contributed by atoms with van der Waals surface area (Å²) >= 11 is 3.32. The van der Waals surface area contributed by atoms with Crippen molar-refractivity contribution in [3.8, 4) is 5.69 Å². The van der Waals surface area contributed by atoms with E-state index in [9.17, 15) is 4.79 Å². The van der Waals surface area contributed by atoms with Gasteiger partial charge in [-0.3, -0.25) is 0 Å². The Morgan fingerprint density at radius 1 is 1.50 bits per heavy atom. The number of nitrogens with zero attached hydrogens (tertiary/aromatic N) is 2. The van der Waals surface area contributed by atoms with E-state index in [-0.39, 0.29) is 5.97 Å². The Morgan fingerprint density at radius 2 is 2.31 bits per heavy atom. The Hall–Kier alpha value is -1.62. The Balaban J connectivity index is 2.57. The van der Waals surface area contributed by atoms with Crippen molar-refractivity contribution in [1.82, 2.24) is 9.78 Å². The van der Waals surface area contributed by atoms with Gasteiger partial charge in [0.2, 0.25) is 0 Å². The average Bonchev–Trinajstić information content (AvgIpc) is 2.81. The second kappa shape index (κ2) is 4.49. The third kappa shape index (κ3) is 1.99. The molecule has 0 aliphatic heterocycles. The smallest absolute Gasteiger partial charge is 0.340 e. The molecule has 1 heterocycles. The SMILES string of the molecule is COC(=O)c1cc(Br)ccc1-n1cccn1. The van der Waals surface area contributed by atoms with E-state index >= 15 is 0 Å². The number of hydrogen-bond acceptors (Lipinski definition) is 3. The summed E-state index contributed by atoms with van der Waals surface area (Å²) in [5, 5.41) is 4.09. The lowest BCUT2D eigenvalue weighted by Crippen LogP contribution is -2.08. The summed E-state index contributed by atoms with van der Waals surface area (Å²) in [6.45, 7) is 0. The average molecular weight is 281 g/mol. The quantitative estimate of drug-likeness (QED) is 0.794. The van der Waals surface area contributed by atoms with Crippen LogP contribution in [0.3, 0.4) is 0 Å². The maximum atomic E-state index is 11.6. The molecular weight excluding hydrogens is 272 g/mol. The van der Waals surface area contributed by atoms with Gasteiger partial charge in [-0.15, -0.1) is 0 Å². The second-order valence-corrected chi connectivity index (χ2v) is 4.02. The van der Waals surface area contributed by atoms with E-state index in [0.29, 0.717) is 11.3 Å². The maximum absolute atomic E-state index is 11.6. The van der Waals surface area contributed by atoms with E-state index in [1.54, 1.807) is 29.2 Å². The number of rotatable bonds is 2. The van der Waals surface area contributed by atoms with Crippen molar-refractivity contribution in [2.24, 2.45) is 0 Å². The zero-order chi connectivity index (χ0) is 11.5. The van der Waals surface area contributed by atoms with Crippen LogP contribution >= 0.6 is 15.9 Å². The Labute approximate surface area is 101 Å². The van der Waals surface area contributed by atoms with Crippen LogP contribution in [-0.2, 0) is 4.74 Å². The first-order valence-electron chi connectivity index (χ1n) is 4.60. The molecule has 0 atom stereocenters. The predicted molar refractivity (Wildman–Crippen MR) is 62.6 cm³/mol. The van der Waals surface area contributed by atoms with Gasteiger partial charge in [0.25, 0.3) is 0 Å². The molecule has 0 N–H and O–H groups in total. The molecule has 2 aromatic rings. The van der Waals surface area contributed by atoms with E-state index in [2.05, 4.69) is 21.0 Å². The van der Waals surface area contributed by atoms with Gasteiger partial charge < -0.3 is 4.74 Å². The highest BCUT2D eigenvalue weighted by molar-refractivity contribution is 9.10. The third-order valence-corrected chi connectivity index (χ3v) is 2.61. The number of esters is 1. The topological polar surface area (TPSA) is 44.1 Å². The molecule has 16 heavy (non-hydrogen) atoms. The summed E-state index contributed by atoms with van der Waals surface area (Å²) in [5.74, 6) is -0.383. The predicted octanol–water partition coefficient (Wildman–Crippen LogP) is 2.42. The Morgan fingerprint density at radius 3 is 2.94 bits per heavy atom. The van der Waals surface area contributed by atoms with Crippen LogP contribution in [0.1, 0.15) is 10.4 Å². The number of halogens is 1. The van der Waals surface area contributed by atoms with Gasteiger partial charge in [-0.1, -0.05) is 15.9 Å². The van der Waals surface area contributed by atoms with E-state index in [0.717, 1.165) is 4.47 Å². The first-order valence-corrected chi connectivity index (χ1v) is 5.39. The van der Waals surface area contributed by atoms with Crippen molar-refractivity contribution < 1.29 is 9.53 Å². The molecule has 0 unspecified atom stereocenters. The molecule has 82 valence electrons. The van der Waals surface area contributed by atoms with Crippen molar-refractivity contribution >= 4 is 21.9 Å². The maximum Gasteiger partial charge on any atom is 0.340 e. The molecule has 0 radical (unpaired) electrons. The molecule has 5 heteroatoms. The molecule has 0 spiro atoms. The number of ether oxygens (including phenoxy) is 1. The number of methoxy groups -OCH3 is 1. The lowest BCUT2D eigenvalue weighted by atomic mass is 10.2. The lowest BCUT2D eigenvalue weighted by Gasteiger charge is -2.08. The molecule has 0 fully saturated rings. The van der Waals surface area contributed by atoms with Gasteiger partial charge >= 0.3 is 5.97 Å². The summed E-state index contributed by atoms with van der Waals surface area (Å²) in [6.07, 6.45) is 3.43. The van der Waals surface area contributed by atoms with Gasteiger partial charge in [-0.2, -0.15) is 5.10 Å². The van der Waals surface area contributed by atoms with Crippen molar-refractivity contribution in [3.05, 3.63) is 46.7 Å². The minimum absolute atomic E-state index is 0.383. The Bertz CT molecular complexity index is 509. The van der Waals surface area contributed by atoms with Gasteiger partial charge in [0.15, 0.2) is 0 Å². The van der Waals surface area contributed by atoms with Crippen LogP contribution in [0.25, 0.3) is 5.69 Å². The molecule has 0 bridgehead atoms. The number of aromatic nitrogens is 2.